The quantitative estimate of drug-likeness (QED) is 0.813. The molecule has 1 aromatic heterocycles. The van der Waals surface area contributed by atoms with Crippen LogP contribution in [0.2, 0.25) is 0 Å². The molecule has 0 fully saturated rings. The fourth-order valence-corrected chi connectivity index (χ4v) is 2.46. The summed E-state index contributed by atoms with van der Waals surface area (Å²) >= 11 is 0. The highest BCUT2D eigenvalue weighted by Gasteiger charge is 2.23. The molecule has 1 N–H and O–H groups in total. The van der Waals surface area contributed by atoms with Crippen LogP contribution in [0, 0.1) is 6.92 Å². The number of hydrogen-bond acceptors (Lipinski definition) is 3. The van der Waals surface area contributed by atoms with E-state index in [0.717, 1.165) is 11.3 Å². The molecule has 5 nitrogen and oxygen atoms in total. The summed E-state index contributed by atoms with van der Waals surface area (Å²) in [5.74, 6) is -0.357. The van der Waals surface area contributed by atoms with Crippen LogP contribution >= 0.6 is 0 Å². The van der Waals surface area contributed by atoms with Gasteiger partial charge in [0, 0.05) is 42.1 Å². The number of carbonyl (C=O) groups is 2. The Morgan fingerprint density at radius 3 is 2.38 bits per heavy atom. The number of anilines is 1. The summed E-state index contributed by atoms with van der Waals surface area (Å²) in [5.41, 5.74) is 3.01. The number of nitrogens with zero attached hydrogens (tertiary/aromatic N) is 2. The topological polar surface area (TPSA) is 62.3 Å². The fourth-order valence-electron chi connectivity index (χ4n) is 2.46. The summed E-state index contributed by atoms with van der Waals surface area (Å²) in [6.45, 7) is 10.0. The number of aryl methyl sites for hydroxylation is 1. The van der Waals surface area contributed by atoms with E-state index in [4.69, 9.17) is 0 Å². The zero-order chi connectivity index (χ0) is 19.3. The zero-order valence-corrected chi connectivity index (χ0v) is 15.7. The van der Waals surface area contributed by atoms with Gasteiger partial charge < -0.3 is 10.2 Å². The summed E-state index contributed by atoms with van der Waals surface area (Å²) < 4.78 is 0. The molecule has 0 aliphatic heterocycles. The zero-order valence-electron chi connectivity index (χ0n) is 15.7. The minimum Gasteiger partial charge on any atom is -0.351 e. The van der Waals surface area contributed by atoms with E-state index < -0.39 is 0 Å². The number of amides is 2. The molecule has 0 radical (unpaired) electrons. The van der Waals surface area contributed by atoms with E-state index in [1.165, 1.54) is 11.0 Å². The van der Waals surface area contributed by atoms with E-state index in [-0.39, 0.29) is 17.2 Å². The van der Waals surface area contributed by atoms with Crippen LogP contribution in [0.25, 0.3) is 0 Å². The van der Waals surface area contributed by atoms with Crippen molar-refractivity contribution in [1.82, 2.24) is 10.3 Å². The van der Waals surface area contributed by atoms with Crippen molar-refractivity contribution in [2.45, 2.75) is 26.2 Å². The normalized spacial score (nSPS) is 10.9. The lowest BCUT2D eigenvalue weighted by molar-refractivity contribution is -0.113. The first-order valence-corrected chi connectivity index (χ1v) is 8.46. The third-order valence-corrected chi connectivity index (χ3v) is 4.32. The van der Waals surface area contributed by atoms with Crippen LogP contribution in [-0.4, -0.2) is 30.4 Å². The molecular formula is C21H25N3O2. The second-order valence-electron chi connectivity index (χ2n) is 6.94. The first-order chi connectivity index (χ1) is 12.2. The first-order valence-electron chi connectivity index (χ1n) is 8.46. The Hall–Kier alpha value is -2.95. The van der Waals surface area contributed by atoms with Gasteiger partial charge in [-0.05, 0) is 48.9 Å². The maximum absolute atomic E-state index is 12.4. The van der Waals surface area contributed by atoms with Gasteiger partial charge in [-0.3, -0.25) is 14.6 Å². The molecule has 0 saturated carbocycles. The second-order valence-corrected chi connectivity index (χ2v) is 6.94. The number of likely N-dealkylation sites (N-methyl/N-ethyl adjacent to an activating group) is 1. The standard InChI is InChI=1S/C21H25N3O2/c1-6-19(25)24(5)17-10-8-16(9-11-17)20(26)23-14-21(3,4)18-12-7-15(2)13-22-18/h6-13H,1,14H2,2-5H3,(H,23,26). The first kappa shape index (κ1) is 19.4. The second kappa shape index (κ2) is 7.95. The molecule has 136 valence electrons. The van der Waals surface area contributed by atoms with Gasteiger partial charge in [0.2, 0.25) is 5.91 Å². The smallest absolute Gasteiger partial charge is 0.251 e. The molecule has 0 spiro atoms. The molecule has 1 aromatic carbocycles. The monoisotopic (exact) mass is 351 g/mol. The van der Waals surface area contributed by atoms with Crippen molar-refractivity contribution in [3.63, 3.8) is 0 Å². The summed E-state index contributed by atoms with van der Waals surface area (Å²) in [7, 11) is 1.66. The lowest BCUT2D eigenvalue weighted by Crippen LogP contribution is -2.37. The van der Waals surface area contributed by atoms with Gasteiger partial charge in [0.1, 0.15) is 0 Å². The Bertz CT molecular complexity index is 793. The van der Waals surface area contributed by atoms with Crippen LogP contribution in [0.4, 0.5) is 5.69 Å². The molecule has 0 aliphatic carbocycles. The number of benzene rings is 1. The Morgan fingerprint density at radius 1 is 1.19 bits per heavy atom. The Kier molecular flexibility index (Phi) is 5.93. The Labute approximate surface area is 154 Å². The van der Waals surface area contributed by atoms with Crippen molar-refractivity contribution in [3.05, 3.63) is 72.1 Å². The van der Waals surface area contributed by atoms with Gasteiger partial charge >= 0.3 is 0 Å². The lowest BCUT2D eigenvalue weighted by atomic mass is 9.88. The predicted octanol–water partition coefficient (Wildman–Crippen LogP) is 3.25. The number of hydrogen-bond donors (Lipinski definition) is 1. The van der Waals surface area contributed by atoms with Crippen LogP contribution in [0.15, 0.2) is 55.3 Å². The fraction of sp³-hybridized carbons (Fsp3) is 0.286. The summed E-state index contributed by atoms with van der Waals surface area (Å²) in [5, 5.41) is 2.96. The molecule has 0 aliphatic rings. The molecule has 2 rings (SSSR count). The maximum Gasteiger partial charge on any atom is 0.251 e. The molecule has 1 heterocycles. The van der Waals surface area contributed by atoms with Crippen molar-refractivity contribution < 1.29 is 9.59 Å². The highest BCUT2D eigenvalue weighted by atomic mass is 16.2. The minimum atomic E-state index is -0.278. The largest absolute Gasteiger partial charge is 0.351 e. The highest BCUT2D eigenvalue weighted by Crippen LogP contribution is 2.20. The lowest BCUT2D eigenvalue weighted by Gasteiger charge is -2.24. The van der Waals surface area contributed by atoms with E-state index in [2.05, 4.69) is 16.9 Å². The van der Waals surface area contributed by atoms with Gasteiger partial charge in [-0.25, -0.2) is 0 Å². The van der Waals surface area contributed by atoms with Crippen LogP contribution in [0.3, 0.4) is 0 Å². The van der Waals surface area contributed by atoms with Gasteiger partial charge in [0.15, 0.2) is 0 Å². The number of nitrogens with one attached hydrogen (secondary N) is 1. The molecule has 0 unspecified atom stereocenters. The third kappa shape index (κ3) is 4.57. The molecular weight excluding hydrogens is 326 g/mol. The average Bonchev–Trinajstić information content (AvgIpc) is 2.65. The van der Waals surface area contributed by atoms with Crippen LogP contribution in [0.5, 0.6) is 0 Å². The van der Waals surface area contributed by atoms with E-state index in [0.29, 0.717) is 17.8 Å². The SMILES string of the molecule is C=CC(=O)N(C)c1ccc(C(=O)NCC(C)(C)c2ccc(C)cn2)cc1. The van der Waals surface area contributed by atoms with Crippen molar-refractivity contribution in [2.75, 3.05) is 18.5 Å². The van der Waals surface area contributed by atoms with Gasteiger partial charge in [0.05, 0.1) is 0 Å². The van der Waals surface area contributed by atoms with Crippen molar-refractivity contribution in [1.29, 1.82) is 0 Å². The van der Waals surface area contributed by atoms with Gasteiger partial charge in [-0.1, -0.05) is 26.5 Å². The summed E-state index contributed by atoms with van der Waals surface area (Å²) in [6, 6.07) is 10.9. The number of aromatic nitrogens is 1. The average molecular weight is 351 g/mol. The molecule has 2 amide bonds. The third-order valence-electron chi connectivity index (χ3n) is 4.32. The molecule has 26 heavy (non-hydrogen) atoms. The van der Waals surface area contributed by atoms with E-state index in [1.807, 2.05) is 39.1 Å². The Morgan fingerprint density at radius 2 is 1.85 bits per heavy atom. The molecule has 0 atom stereocenters. The minimum absolute atomic E-state index is 0.158. The molecule has 0 bridgehead atoms. The Balaban J connectivity index is 2.02. The van der Waals surface area contributed by atoms with E-state index in [1.54, 1.807) is 31.3 Å². The van der Waals surface area contributed by atoms with E-state index >= 15 is 0 Å². The number of pyridine rings is 1. The number of rotatable bonds is 6. The van der Waals surface area contributed by atoms with Crippen molar-refractivity contribution in [2.24, 2.45) is 0 Å². The van der Waals surface area contributed by atoms with Crippen molar-refractivity contribution in [3.8, 4) is 0 Å². The van der Waals surface area contributed by atoms with Gasteiger partial charge in [-0.2, -0.15) is 0 Å². The molecule has 0 saturated heterocycles. The molecule has 5 heteroatoms. The van der Waals surface area contributed by atoms with Gasteiger partial charge in [-0.15, -0.1) is 0 Å². The maximum atomic E-state index is 12.4. The summed E-state index contributed by atoms with van der Waals surface area (Å²) in [4.78, 5) is 30.0. The van der Waals surface area contributed by atoms with Crippen molar-refractivity contribution >= 4 is 17.5 Å². The highest BCUT2D eigenvalue weighted by molar-refractivity contribution is 6.01. The summed E-state index contributed by atoms with van der Waals surface area (Å²) in [6.07, 6.45) is 3.08. The molecule has 2 aromatic rings. The van der Waals surface area contributed by atoms with Crippen LogP contribution in [-0.2, 0) is 10.2 Å². The van der Waals surface area contributed by atoms with Crippen LogP contribution < -0.4 is 10.2 Å². The van der Waals surface area contributed by atoms with Crippen LogP contribution in [0.1, 0.15) is 35.5 Å². The van der Waals surface area contributed by atoms with Gasteiger partial charge in [0.25, 0.3) is 5.91 Å². The number of carbonyl (C=O) groups excluding carboxylic acids is 2. The van der Waals surface area contributed by atoms with E-state index in [9.17, 15) is 9.59 Å². The predicted molar refractivity (Wildman–Crippen MR) is 104 cm³/mol.